The third-order valence-corrected chi connectivity index (χ3v) is 3.69. The molecule has 17 heavy (non-hydrogen) atoms. The Hall–Kier alpha value is -1.60. The Morgan fingerprint density at radius 1 is 1.41 bits per heavy atom. The van der Waals surface area contributed by atoms with Gasteiger partial charge in [0, 0.05) is 13.1 Å². The summed E-state index contributed by atoms with van der Waals surface area (Å²) in [4.78, 5) is 1.94. The van der Waals surface area contributed by atoms with E-state index in [-0.39, 0.29) is 0 Å². The number of anilines is 1. The molecule has 88 valence electrons. The number of hydrogen-bond acceptors (Lipinski definition) is 3. The smallest absolute Gasteiger partial charge is 0.124 e. The fraction of sp³-hybridized carbons (Fsp3) is 0.462. The van der Waals surface area contributed by atoms with Crippen molar-refractivity contribution in [2.45, 2.75) is 18.4 Å². The molecule has 1 N–H and O–H groups in total. The van der Waals surface area contributed by atoms with E-state index in [0.717, 1.165) is 18.5 Å². The second kappa shape index (κ2) is 3.44. The Balaban J connectivity index is 1.81. The van der Waals surface area contributed by atoms with Crippen molar-refractivity contribution in [3.8, 4) is 6.07 Å². The van der Waals surface area contributed by atoms with Gasteiger partial charge in [-0.2, -0.15) is 5.26 Å². The lowest BCUT2D eigenvalue weighted by atomic mass is 9.88. The van der Waals surface area contributed by atoms with Gasteiger partial charge in [0.1, 0.15) is 17.5 Å². The van der Waals surface area contributed by atoms with Crippen LogP contribution in [0.4, 0.5) is 10.1 Å². The van der Waals surface area contributed by atoms with Gasteiger partial charge >= 0.3 is 0 Å². The summed E-state index contributed by atoms with van der Waals surface area (Å²) >= 11 is 0. The van der Waals surface area contributed by atoms with Crippen molar-refractivity contribution >= 4 is 5.69 Å². The monoisotopic (exact) mass is 232 g/mol. The van der Waals surface area contributed by atoms with Crippen molar-refractivity contribution in [1.82, 2.24) is 0 Å². The fourth-order valence-corrected chi connectivity index (χ4v) is 2.54. The molecule has 1 aromatic rings. The van der Waals surface area contributed by atoms with E-state index in [1.165, 1.54) is 12.1 Å². The van der Waals surface area contributed by atoms with Crippen LogP contribution < -0.4 is 4.90 Å². The van der Waals surface area contributed by atoms with Gasteiger partial charge < -0.3 is 10.0 Å². The molecule has 2 fully saturated rings. The number of halogens is 1. The molecule has 0 spiro atoms. The number of hydrogen-bond donors (Lipinski definition) is 1. The van der Waals surface area contributed by atoms with Crippen LogP contribution in [0.25, 0.3) is 0 Å². The van der Waals surface area contributed by atoms with Gasteiger partial charge in [0.25, 0.3) is 0 Å². The zero-order valence-electron chi connectivity index (χ0n) is 9.36. The summed E-state index contributed by atoms with van der Waals surface area (Å²) in [7, 11) is 0. The standard InChI is InChI=1S/C13H13FN2O/c14-11-3-4-12(9(5-11)6-15)16-7-13(17,8-16)10-1-2-10/h3-5,10,17H,1-2,7-8H2. The van der Waals surface area contributed by atoms with Crippen molar-refractivity contribution in [2.24, 2.45) is 5.92 Å². The highest BCUT2D eigenvalue weighted by molar-refractivity contribution is 5.61. The molecular formula is C13H13FN2O. The van der Waals surface area contributed by atoms with Gasteiger partial charge in [0.2, 0.25) is 0 Å². The number of aliphatic hydroxyl groups is 1. The van der Waals surface area contributed by atoms with Gasteiger partial charge in [-0.3, -0.25) is 0 Å². The molecule has 0 radical (unpaired) electrons. The molecule has 0 aromatic heterocycles. The van der Waals surface area contributed by atoms with Gasteiger partial charge in [-0.15, -0.1) is 0 Å². The molecule has 0 amide bonds. The maximum atomic E-state index is 13.0. The maximum absolute atomic E-state index is 13.0. The SMILES string of the molecule is N#Cc1cc(F)ccc1N1CC(O)(C2CC2)C1. The average Bonchev–Trinajstić information content (AvgIpc) is 3.09. The minimum absolute atomic E-state index is 0.336. The normalized spacial score (nSPS) is 21.8. The highest BCUT2D eigenvalue weighted by Gasteiger charge is 2.52. The van der Waals surface area contributed by atoms with Crippen molar-refractivity contribution in [3.63, 3.8) is 0 Å². The summed E-state index contributed by atoms with van der Waals surface area (Å²) in [6.45, 7) is 1.11. The van der Waals surface area contributed by atoms with E-state index >= 15 is 0 Å². The molecule has 0 unspecified atom stereocenters. The molecule has 2 aliphatic rings. The summed E-state index contributed by atoms with van der Waals surface area (Å²) in [5, 5.41) is 19.2. The maximum Gasteiger partial charge on any atom is 0.124 e. The quantitative estimate of drug-likeness (QED) is 0.843. The van der Waals surface area contributed by atoms with Gasteiger partial charge in [0.05, 0.1) is 11.3 Å². The first-order chi connectivity index (χ1) is 8.12. The zero-order valence-corrected chi connectivity index (χ0v) is 9.36. The first-order valence-electron chi connectivity index (χ1n) is 5.79. The van der Waals surface area contributed by atoms with E-state index in [9.17, 15) is 9.50 Å². The van der Waals surface area contributed by atoms with E-state index < -0.39 is 11.4 Å². The summed E-state index contributed by atoms with van der Waals surface area (Å²) in [6.07, 6.45) is 2.19. The largest absolute Gasteiger partial charge is 0.386 e. The van der Waals surface area contributed by atoms with Crippen LogP contribution in [0.5, 0.6) is 0 Å². The molecule has 1 aliphatic carbocycles. The molecule has 1 heterocycles. The highest BCUT2D eigenvalue weighted by Crippen LogP contribution is 2.46. The van der Waals surface area contributed by atoms with Crippen LogP contribution >= 0.6 is 0 Å². The van der Waals surface area contributed by atoms with Crippen LogP contribution in [-0.2, 0) is 0 Å². The number of nitriles is 1. The predicted octanol–water partition coefficient (Wildman–Crippen LogP) is 1.66. The van der Waals surface area contributed by atoms with Gasteiger partial charge in [-0.05, 0) is 37.0 Å². The Bertz CT molecular complexity index is 499. The molecule has 1 saturated heterocycles. The van der Waals surface area contributed by atoms with Crippen molar-refractivity contribution in [2.75, 3.05) is 18.0 Å². The van der Waals surface area contributed by atoms with Crippen LogP contribution in [0, 0.1) is 23.1 Å². The Kier molecular flexibility index (Phi) is 2.14. The van der Waals surface area contributed by atoms with E-state index in [1.54, 1.807) is 6.07 Å². The second-order valence-electron chi connectivity index (χ2n) is 5.01. The predicted molar refractivity (Wildman–Crippen MR) is 61.0 cm³/mol. The number of benzene rings is 1. The molecule has 0 bridgehead atoms. The van der Waals surface area contributed by atoms with E-state index in [4.69, 9.17) is 5.26 Å². The fourth-order valence-electron chi connectivity index (χ4n) is 2.54. The third-order valence-electron chi connectivity index (χ3n) is 3.69. The molecule has 3 nitrogen and oxygen atoms in total. The highest BCUT2D eigenvalue weighted by atomic mass is 19.1. The van der Waals surface area contributed by atoms with Crippen LogP contribution in [0.15, 0.2) is 18.2 Å². The van der Waals surface area contributed by atoms with E-state index in [2.05, 4.69) is 0 Å². The molecule has 3 rings (SSSR count). The summed E-state index contributed by atoms with van der Waals surface area (Å²) in [5.74, 6) is 0.0213. The van der Waals surface area contributed by atoms with E-state index in [0.29, 0.717) is 24.6 Å². The molecule has 1 aliphatic heterocycles. The average molecular weight is 232 g/mol. The second-order valence-corrected chi connectivity index (χ2v) is 5.01. The minimum Gasteiger partial charge on any atom is -0.386 e. The number of β-amino-alcohol motifs (C(OH)–C–C–N with tert-alkyl or cyclic N) is 1. The molecule has 1 saturated carbocycles. The Morgan fingerprint density at radius 2 is 2.12 bits per heavy atom. The van der Waals surface area contributed by atoms with Gasteiger partial charge in [0.15, 0.2) is 0 Å². The number of nitrogens with zero attached hydrogens (tertiary/aromatic N) is 2. The first-order valence-corrected chi connectivity index (χ1v) is 5.79. The van der Waals surface area contributed by atoms with Crippen LogP contribution in [0.2, 0.25) is 0 Å². The zero-order chi connectivity index (χ0) is 12.0. The van der Waals surface area contributed by atoms with E-state index in [1.807, 2.05) is 11.0 Å². The number of rotatable bonds is 2. The summed E-state index contributed by atoms with van der Waals surface area (Å²) in [5.41, 5.74) is 0.475. The van der Waals surface area contributed by atoms with Gasteiger partial charge in [-0.25, -0.2) is 4.39 Å². The molecule has 0 atom stereocenters. The molecule has 4 heteroatoms. The van der Waals surface area contributed by atoms with Crippen LogP contribution in [0.3, 0.4) is 0 Å². The lowest BCUT2D eigenvalue weighted by molar-refractivity contribution is -0.00932. The summed E-state index contributed by atoms with van der Waals surface area (Å²) in [6, 6.07) is 6.20. The molecule has 1 aromatic carbocycles. The molecular weight excluding hydrogens is 219 g/mol. The van der Waals surface area contributed by atoms with Crippen LogP contribution in [0.1, 0.15) is 18.4 Å². The van der Waals surface area contributed by atoms with Gasteiger partial charge in [-0.1, -0.05) is 0 Å². The summed E-state index contributed by atoms with van der Waals surface area (Å²) < 4.78 is 13.0. The van der Waals surface area contributed by atoms with Crippen LogP contribution in [-0.4, -0.2) is 23.8 Å². The van der Waals surface area contributed by atoms with Crippen molar-refractivity contribution < 1.29 is 9.50 Å². The van der Waals surface area contributed by atoms with Crippen molar-refractivity contribution in [1.29, 1.82) is 5.26 Å². The Morgan fingerprint density at radius 3 is 2.71 bits per heavy atom. The lowest BCUT2D eigenvalue weighted by Gasteiger charge is -2.48. The van der Waals surface area contributed by atoms with Crippen molar-refractivity contribution in [3.05, 3.63) is 29.6 Å². The third kappa shape index (κ3) is 1.67. The minimum atomic E-state index is -0.582. The first kappa shape index (κ1) is 10.5. The topological polar surface area (TPSA) is 47.3 Å². The lowest BCUT2D eigenvalue weighted by Crippen LogP contribution is -2.63. The Labute approximate surface area is 99.1 Å².